The van der Waals surface area contributed by atoms with Crippen molar-refractivity contribution in [2.24, 2.45) is 0 Å². The van der Waals surface area contributed by atoms with Gasteiger partial charge >= 0.3 is 5.97 Å². The van der Waals surface area contributed by atoms with Gasteiger partial charge in [-0.1, -0.05) is 6.07 Å². The number of halogens is 1. The normalized spacial score (nSPS) is 11.1. The molecule has 1 aromatic rings. The molecule has 0 aromatic carbocycles. The van der Waals surface area contributed by atoms with Gasteiger partial charge in [0.2, 0.25) is 0 Å². The highest BCUT2D eigenvalue weighted by atomic mass is 35.5. The Labute approximate surface area is 113 Å². The number of esters is 1. The molecule has 98 valence electrons. The number of rotatable bonds is 4. The molecule has 0 unspecified atom stereocenters. The minimum absolute atomic E-state index is 0. The quantitative estimate of drug-likeness (QED) is 0.792. The van der Waals surface area contributed by atoms with Crippen LogP contribution in [-0.4, -0.2) is 36.6 Å². The second-order valence-corrected chi connectivity index (χ2v) is 5.65. The summed E-state index contributed by atoms with van der Waals surface area (Å²) in [4.78, 5) is 14.3. The van der Waals surface area contributed by atoms with Crippen molar-refractivity contribution in [1.29, 1.82) is 0 Å². The molecule has 0 bridgehead atoms. The molecule has 0 saturated carbocycles. The van der Waals surface area contributed by atoms with Gasteiger partial charge in [-0.25, -0.2) is 4.79 Å². The zero-order valence-corrected chi connectivity index (χ0v) is 12.4. The molecule has 3 nitrogen and oxygen atoms in total. The van der Waals surface area contributed by atoms with E-state index in [1.54, 1.807) is 6.07 Å². The largest absolute Gasteiger partial charge is 0.460 e. The molecule has 0 aliphatic rings. The number of carbonyl (C=O) groups is 1. The minimum Gasteiger partial charge on any atom is -0.460 e. The number of nitrogens with zero attached hydrogens (tertiary/aromatic N) is 1. The van der Waals surface area contributed by atoms with Gasteiger partial charge in [0.1, 0.15) is 11.5 Å². The summed E-state index contributed by atoms with van der Waals surface area (Å²) < 4.78 is 5.18. The highest BCUT2D eigenvalue weighted by Gasteiger charge is 2.17. The number of ether oxygens (including phenoxy) is 1. The summed E-state index contributed by atoms with van der Waals surface area (Å²) >= 11 is 1.41. The van der Waals surface area contributed by atoms with Crippen LogP contribution < -0.4 is 0 Å². The molecular weight excluding hydrogens is 258 g/mol. The van der Waals surface area contributed by atoms with Gasteiger partial charge in [0.15, 0.2) is 0 Å². The van der Waals surface area contributed by atoms with Crippen LogP contribution in [0.3, 0.4) is 0 Å². The Bertz CT molecular complexity index is 333. The zero-order valence-electron chi connectivity index (χ0n) is 10.7. The van der Waals surface area contributed by atoms with Crippen LogP contribution in [-0.2, 0) is 4.74 Å². The van der Waals surface area contributed by atoms with Crippen LogP contribution in [0.15, 0.2) is 17.5 Å². The van der Waals surface area contributed by atoms with Gasteiger partial charge in [0.25, 0.3) is 0 Å². The maximum atomic E-state index is 11.5. The molecule has 1 rings (SSSR count). The first-order valence-corrected chi connectivity index (χ1v) is 6.21. The Kier molecular flexibility index (Phi) is 6.75. The molecular formula is C12H20ClNO2S. The van der Waals surface area contributed by atoms with Crippen LogP contribution >= 0.6 is 23.7 Å². The lowest BCUT2D eigenvalue weighted by atomic mass is 10.1. The third-order valence-corrected chi connectivity index (χ3v) is 3.38. The lowest BCUT2D eigenvalue weighted by Crippen LogP contribution is -2.40. The lowest BCUT2D eigenvalue weighted by Gasteiger charge is -2.31. The summed E-state index contributed by atoms with van der Waals surface area (Å²) in [5.74, 6) is -0.225. The highest BCUT2D eigenvalue weighted by molar-refractivity contribution is 7.11. The molecule has 0 aliphatic carbocycles. The van der Waals surface area contributed by atoms with Crippen molar-refractivity contribution in [3.8, 4) is 0 Å². The van der Waals surface area contributed by atoms with E-state index in [2.05, 4.69) is 25.7 Å². The maximum Gasteiger partial charge on any atom is 0.348 e. The molecule has 0 aliphatic heterocycles. The fraction of sp³-hybridized carbons (Fsp3) is 0.583. The maximum absolute atomic E-state index is 11.5. The average Bonchev–Trinajstić information content (AvgIpc) is 2.68. The van der Waals surface area contributed by atoms with Crippen LogP contribution in [0.5, 0.6) is 0 Å². The standard InChI is InChI=1S/C12H19NO2S.ClH/c1-12(2,3)13(4)7-8-15-11(14)10-6-5-9-16-10;/h5-6,9H,7-8H2,1-4H3;1H. The van der Waals surface area contributed by atoms with E-state index in [0.717, 1.165) is 6.54 Å². The van der Waals surface area contributed by atoms with Gasteiger partial charge in [-0.3, -0.25) is 4.90 Å². The van der Waals surface area contributed by atoms with E-state index < -0.39 is 0 Å². The van der Waals surface area contributed by atoms with E-state index in [-0.39, 0.29) is 23.9 Å². The summed E-state index contributed by atoms with van der Waals surface area (Å²) in [6, 6.07) is 3.63. The first-order chi connectivity index (χ1) is 7.41. The SMILES string of the molecule is CN(CCOC(=O)c1cccs1)C(C)(C)C.Cl. The second kappa shape index (κ2) is 6.99. The molecule has 17 heavy (non-hydrogen) atoms. The summed E-state index contributed by atoms with van der Waals surface area (Å²) in [6.45, 7) is 7.58. The summed E-state index contributed by atoms with van der Waals surface area (Å²) in [5.41, 5.74) is 0.106. The average molecular weight is 278 g/mol. The molecule has 0 spiro atoms. The number of hydrogen-bond donors (Lipinski definition) is 0. The monoisotopic (exact) mass is 277 g/mol. The van der Waals surface area contributed by atoms with E-state index >= 15 is 0 Å². The first-order valence-electron chi connectivity index (χ1n) is 5.33. The predicted octanol–water partition coefficient (Wildman–Crippen LogP) is 3.06. The van der Waals surface area contributed by atoms with E-state index in [1.807, 2.05) is 18.5 Å². The van der Waals surface area contributed by atoms with Gasteiger partial charge < -0.3 is 4.74 Å². The lowest BCUT2D eigenvalue weighted by molar-refractivity contribution is 0.0429. The van der Waals surface area contributed by atoms with E-state index in [1.165, 1.54) is 11.3 Å². The van der Waals surface area contributed by atoms with Crippen molar-refractivity contribution in [2.45, 2.75) is 26.3 Å². The number of likely N-dealkylation sites (N-methyl/N-ethyl adjacent to an activating group) is 1. The van der Waals surface area contributed by atoms with E-state index in [4.69, 9.17) is 4.74 Å². The minimum atomic E-state index is -0.225. The van der Waals surface area contributed by atoms with E-state index in [0.29, 0.717) is 11.5 Å². The van der Waals surface area contributed by atoms with Crippen molar-refractivity contribution in [2.75, 3.05) is 20.2 Å². The van der Waals surface area contributed by atoms with Crippen LogP contribution in [0, 0.1) is 0 Å². The van der Waals surface area contributed by atoms with Crippen LogP contribution in [0.25, 0.3) is 0 Å². The molecule has 0 atom stereocenters. The van der Waals surface area contributed by atoms with Crippen molar-refractivity contribution in [3.05, 3.63) is 22.4 Å². The van der Waals surface area contributed by atoms with Gasteiger partial charge in [0, 0.05) is 12.1 Å². The second-order valence-electron chi connectivity index (χ2n) is 4.71. The summed E-state index contributed by atoms with van der Waals surface area (Å²) in [5, 5.41) is 1.87. The molecule has 0 amide bonds. The number of hydrogen-bond acceptors (Lipinski definition) is 4. The van der Waals surface area contributed by atoms with Crippen LogP contribution in [0.4, 0.5) is 0 Å². The fourth-order valence-corrected chi connectivity index (χ4v) is 1.69. The Morgan fingerprint density at radius 3 is 2.59 bits per heavy atom. The van der Waals surface area contributed by atoms with Gasteiger partial charge in [-0.15, -0.1) is 23.7 Å². The molecule has 1 heterocycles. The molecule has 5 heteroatoms. The number of thiophene rings is 1. The van der Waals surface area contributed by atoms with Gasteiger partial charge in [0.05, 0.1) is 0 Å². The first kappa shape index (κ1) is 16.4. The Balaban J connectivity index is 0.00000256. The molecule has 0 saturated heterocycles. The Morgan fingerprint density at radius 2 is 2.12 bits per heavy atom. The fourth-order valence-electron chi connectivity index (χ4n) is 1.08. The smallest absolute Gasteiger partial charge is 0.348 e. The van der Waals surface area contributed by atoms with Crippen molar-refractivity contribution >= 4 is 29.7 Å². The third-order valence-electron chi connectivity index (χ3n) is 2.53. The number of carbonyl (C=O) groups excluding carboxylic acids is 1. The van der Waals surface area contributed by atoms with Crippen molar-refractivity contribution < 1.29 is 9.53 Å². The molecule has 0 radical (unpaired) electrons. The zero-order chi connectivity index (χ0) is 12.2. The van der Waals surface area contributed by atoms with E-state index in [9.17, 15) is 4.79 Å². The topological polar surface area (TPSA) is 29.5 Å². The Morgan fingerprint density at radius 1 is 1.47 bits per heavy atom. The Hall–Kier alpha value is -0.580. The highest BCUT2D eigenvalue weighted by Crippen LogP contribution is 2.11. The predicted molar refractivity (Wildman–Crippen MR) is 74.2 cm³/mol. The summed E-state index contributed by atoms with van der Waals surface area (Å²) in [7, 11) is 2.03. The van der Waals surface area contributed by atoms with Gasteiger partial charge in [-0.2, -0.15) is 0 Å². The molecule has 0 fully saturated rings. The summed E-state index contributed by atoms with van der Waals surface area (Å²) in [6.07, 6.45) is 0. The molecule has 0 N–H and O–H groups in total. The molecule has 1 aromatic heterocycles. The third kappa shape index (κ3) is 5.52. The van der Waals surface area contributed by atoms with Crippen LogP contribution in [0.2, 0.25) is 0 Å². The van der Waals surface area contributed by atoms with Crippen LogP contribution in [0.1, 0.15) is 30.4 Å². The van der Waals surface area contributed by atoms with Crippen molar-refractivity contribution in [1.82, 2.24) is 4.90 Å². The van der Waals surface area contributed by atoms with Gasteiger partial charge in [-0.05, 0) is 39.3 Å². The van der Waals surface area contributed by atoms with Crippen molar-refractivity contribution in [3.63, 3.8) is 0 Å².